The van der Waals surface area contributed by atoms with E-state index in [1.54, 1.807) is 12.1 Å². The van der Waals surface area contributed by atoms with E-state index in [2.05, 4.69) is 19.6 Å². The third-order valence-electron chi connectivity index (χ3n) is 2.85. The Morgan fingerprint density at radius 2 is 1.78 bits per heavy atom. The van der Waals surface area contributed by atoms with Crippen LogP contribution in [0.2, 0.25) is 19.6 Å². The molecule has 0 bridgehead atoms. The van der Waals surface area contributed by atoms with Gasteiger partial charge >= 0.3 is 5.97 Å². The molecule has 0 fully saturated rings. The lowest BCUT2D eigenvalue weighted by Gasteiger charge is -2.16. The number of hydrogen-bond donors (Lipinski definition) is 0. The maximum Gasteiger partial charge on any atom is 0.373 e. The molecular formula is C14H22O3Si. The van der Waals surface area contributed by atoms with Crippen molar-refractivity contribution in [3.8, 4) is 0 Å². The Hall–Kier alpha value is -1.13. The van der Waals surface area contributed by atoms with Gasteiger partial charge in [0, 0.05) is 0 Å². The molecule has 0 aliphatic heterocycles. The zero-order valence-electron chi connectivity index (χ0n) is 11.8. The lowest BCUT2D eigenvalue weighted by Crippen LogP contribution is -2.37. The summed E-state index contributed by atoms with van der Waals surface area (Å²) in [6.45, 7) is 10.6. The summed E-state index contributed by atoms with van der Waals surface area (Å²) in [4.78, 5) is 21.4. The molecule has 0 saturated carbocycles. The zero-order chi connectivity index (χ0) is 13.8. The van der Waals surface area contributed by atoms with Gasteiger partial charge in [-0.3, -0.25) is 4.89 Å². The first-order chi connectivity index (χ1) is 8.34. The molecule has 0 N–H and O–H groups in total. The van der Waals surface area contributed by atoms with Crippen LogP contribution < -0.4 is 5.19 Å². The van der Waals surface area contributed by atoms with Crippen LogP contribution in [0.25, 0.3) is 0 Å². The first kappa shape index (κ1) is 14.9. The maximum atomic E-state index is 11.7. The van der Waals surface area contributed by atoms with Crippen molar-refractivity contribution in [2.75, 3.05) is 0 Å². The lowest BCUT2D eigenvalue weighted by atomic mass is 10.2. The summed E-state index contributed by atoms with van der Waals surface area (Å²) in [6, 6.07) is 7.61. The van der Waals surface area contributed by atoms with Crippen LogP contribution in [0, 0.1) is 0 Å². The van der Waals surface area contributed by atoms with Gasteiger partial charge in [0.2, 0.25) is 0 Å². The van der Waals surface area contributed by atoms with Crippen LogP contribution in [-0.4, -0.2) is 20.1 Å². The number of rotatable bonds is 5. The summed E-state index contributed by atoms with van der Waals surface area (Å²) < 4.78 is 0. The van der Waals surface area contributed by atoms with E-state index in [9.17, 15) is 4.79 Å². The lowest BCUT2D eigenvalue weighted by molar-refractivity contribution is -0.270. The van der Waals surface area contributed by atoms with E-state index in [4.69, 9.17) is 9.78 Å². The Morgan fingerprint density at radius 1 is 1.22 bits per heavy atom. The molecule has 1 rings (SSSR count). The van der Waals surface area contributed by atoms with Gasteiger partial charge in [-0.25, -0.2) is 4.79 Å². The summed E-state index contributed by atoms with van der Waals surface area (Å²) in [7, 11) is -1.32. The predicted molar refractivity (Wildman–Crippen MR) is 75.7 cm³/mol. The topological polar surface area (TPSA) is 35.5 Å². The summed E-state index contributed by atoms with van der Waals surface area (Å²) in [5.41, 5.74) is 0.528. The molecule has 0 radical (unpaired) electrons. The zero-order valence-corrected chi connectivity index (χ0v) is 12.8. The van der Waals surface area contributed by atoms with E-state index in [1.807, 2.05) is 26.0 Å². The summed E-state index contributed by atoms with van der Waals surface area (Å²) in [6.07, 6.45) is 0.733. The molecule has 1 unspecified atom stereocenters. The van der Waals surface area contributed by atoms with Crippen LogP contribution in [-0.2, 0) is 9.78 Å². The molecule has 1 aromatic rings. The molecule has 3 nitrogen and oxygen atoms in total. The van der Waals surface area contributed by atoms with Gasteiger partial charge in [-0.1, -0.05) is 43.9 Å². The first-order valence-electron chi connectivity index (χ1n) is 6.32. The molecule has 0 aromatic heterocycles. The third kappa shape index (κ3) is 4.27. The Morgan fingerprint density at radius 3 is 2.22 bits per heavy atom. The number of hydrogen-bond acceptors (Lipinski definition) is 3. The summed E-state index contributed by atoms with van der Waals surface area (Å²) in [5, 5.41) is 1.32. The second kappa shape index (κ2) is 6.16. The van der Waals surface area contributed by atoms with Gasteiger partial charge in [0.05, 0.1) is 13.6 Å². The number of carbonyl (C=O) groups is 1. The Labute approximate surface area is 110 Å². The van der Waals surface area contributed by atoms with E-state index >= 15 is 0 Å². The van der Waals surface area contributed by atoms with E-state index in [0.29, 0.717) is 5.56 Å². The predicted octanol–water partition coefficient (Wildman–Crippen LogP) is 3.12. The normalized spacial score (nSPS) is 13.2. The van der Waals surface area contributed by atoms with Crippen molar-refractivity contribution in [3.63, 3.8) is 0 Å². The van der Waals surface area contributed by atoms with Gasteiger partial charge in [-0.05, 0) is 25.5 Å². The van der Waals surface area contributed by atoms with Gasteiger partial charge in [-0.2, -0.15) is 4.89 Å². The summed E-state index contributed by atoms with van der Waals surface area (Å²) in [5.74, 6) is -0.433. The SMILES string of the molecule is CCC(C)OOC(=O)c1ccc([Si](C)(C)C)cc1. The molecule has 1 atom stereocenters. The number of carbonyl (C=O) groups excluding carboxylic acids is 1. The summed E-state index contributed by atoms with van der Waals surface area (Å²) >= 11 is 0. The van der Waals surface area contributed by atoms with Crippen LogP contribution in [0.1, 0.15) is 30.6 Å². The number of benzene rings is 1. The fourth-order valence-electron chi connectivity index (χ4n) is 1.35. The molecule has 0 aliphatic rings. The molecule has 0 heterocycles. The second-order valence-electron chi connectivity index (χ2n) is 5.51. The van der Waals surface area contributed by atoms with Crippen molar-refractivity contribution in [3.05, 3.63) is 29.8 Å². The minimum Gasteiger partial charge on any atom is -0.293 e. The van der Waals surface area contributed by atoms with Crippen LogP contribution in [0.3, 0.4) is 0 Å². The third-order valence-corrected chi connectivity index (χ3v) is 4.91. The standard InChI is InChI=1S/C14H22O3Si/c1-6-11(2)16-17-14(15)12-7-9-13(10-8-12)18(3,4)5/h7-11H,6H2,1-5H3. The molecule has 0 saturated heterocycles. The Bertz CT molecular complexity index is 392. The van der Waals surface area contributed by atoms with Gasteiger partial charge in [-0.15, -0.1) is 0 Å². The van der Waals surface area contributed by atoms with Crippen molar-refractivity contribution in [1.82, 2.24) is 0 Å². The highest BCUT2D eigenvalue weighted by Crippen LogP contribution is 2.07. The van der Waals surface area contributed by atoms with Crippen molar-refractivity contribution < 1.29 is 14.6 Å². The average molecular weight is 266 g/mol. The van der Waals surface area contributed by atoms with Gasteiger partial charge in [0.25, 0.3) is 0 Å². The van der Waals surface area contributed by atoms with Crippen LogP contribution in [0.4, 0.5) is 0 Å². The molecule has 0 spiro atoms. The van der Waals surface area contributed by atoms with Gasteiger partial charge in [0.1, 0.15) is 6.10 Å². The van der Waals surface area contributed by atoms with Crippen LogP contribution >= 0.6 is 0 Å². The smallest absolute Gasteiger partial charge is 0.293 e. The molecule has 18 heavy (non-hydrogen) atoms. The van der Waals surface area contributed by atoms with Crippen molar-refractivity contribution in [2.24, 2.45) is 0 Å². The molecule has 100 valence electrons. The minimum atomic E-state index is -1.32. The average Bonchev–Trinajstić information content (AvgIpc) is 2.34. The quantitative estimate of drug-likeness (QED) is 0.466. The van der Waals surface area contributed by atoms with Crippen molar-refractivity contribution >= 4 is 19.2 Å². The van der Waals surface area contributed by atoms with E-state index in [1.165, 1.54) is 5.19 Å². The van der Waals surface area contributed by atoms with Crippen LogP contribution in [0.15, 0.2) is 24.3 Å². The highest BCUT2D eigenvalue weighted by molar-refractivity contribution is 6.88. The Kier molecular flexibility index (Phi) is 5.11. The highest BCUT2D eigenvalue weighted by Gasteiger charge is 2.17. The highest BCUT2D eigenvalue weighted by atomic mass is 28.3. The molecule has 4 heteroatoms. The molecule has 0 aliphatic carbocycles. The minimum absolute atomic E-state index is 0.0739. The molecule has 1 aromatic carbocycles. The largest absolute Gasteiger partial charge is 0.373 e. The van der Waals surface area contributed by atoms with Crippen LogP contribution in [0.5, 0.6) is 0 Å². The Balaban J connectivity index is 2.65. The van der Waals surface area contributed by atoms with Gasteiger partial charge < -0.3 is 0 Å². The van der Waals surface area contributed by atoms with E-state index in [-0.39, 0.29) is 6.10 Å². The van der Waals surface area contributed by atoms with E-state index in [0.717, 1.165) is 6.42 Å². The molecule has 0 amide bonds. The maximum absolute atomic E-state index is 11.7. The monoisotopic (exact) mass is 266 g/mol. The van der Waals surface area contributed by atoms with Gasteiger partial charge in [0.15, 0.2) is 0 Å². The second-order valence-corrected chi connectivity index (χ2v) is 10.6. The fourth-order valence-corrected chi connectivity index (χ4v) is 2.51. The fraction of sp³-hybridized carbons (Fsp3) is 0.500. The van der Waals surface area contributed by atoms with Crippen molar-refractivity contribution in [1.29, 1.82) is 0 Å². The first-order valence-corrected chi connectivity index (χ1v) is 9.82. The molecular weight excluding hydrogens is 244 g/mol. The van der Waals surface area contributed by atoms with E-state index < -0.39 is 14.0 Å². The van der Waals surface area contributed by atoms with Crippen molar-refractivity contribution in [2.45, 2.75) is 46.0 Å².